The van der Waals surface area contributed by atoms with E-state index in [2.05, 4.69) is 15.2 Å². The number of carbonyl (C=O) groups excluding carboxylic acids is 2. The SMILES string of the molecule is COCCOc1ccc2c(N3C[C@@H](C)N(C(=O)OC(C)(C)C)[C@@H](C)C3)ccc(C(=O)Nc3cc(F)c4nc(C)cn4c3)c2n1. The molecule has 12 heteroatoms. The Hall–Kier alpha value is -4.45. The summed E-state index contributed by atoms with van der Waals surface area (Å²) in [5.41, 5.74) is 2.14. The summed E-state index contributed by atoms with van der Waals surface area (Å²) in [6.07, 6.45) is 2.97. The zero-order valence-electron chi connectivity index (χ0n) is 26.2. The second-order valence-corrected chi connectivity index (χ2v) is 12.2. The van der Waals surface area contributed by atoms with E-state index >= 15 is 0 Å². The highest BCUT2D eigenvalue weighted by molar-refractivity contribution is 6.14. The molecule has 44 heavy (non-hydrogen) atoms. The summed E-state index contributed by atoms with van der Waals surface area (Å²) >= 11 is 0. The van der Waals surface area contributed by atoms with Crippen molar-refractivity contribution in [2.45, 2.75) is 59.2 Å². The lowest BCUT2D eigenvalue weighted by atomic mass is 10.0. The number of carbonyl (C=O) groups is 2. The van der Waals surface area contributed by atoms with Crippen LogP contribution in [-0.4, -0.2) is 82.4 Å². The molecule has 1 aliphatic rings. The van der Waals surface area contributed by atoms with Crippen molar-refractivity contribution in [2.75, 3.05) is 43.6 Å². The van der Waals surface area contributed by atoms with Gasteiger partial charge in [-0.05, 0) is 59.7 Å². The summed E-state index contributed by atoms with van der Waals surface area (Å²) in [5, 5.41) is 3.56. The molecule has 0 aliphatic carbocycles. The quantitative estimate of drug-likeness (QED) is 0.277. The number of aromatic nitrogens is 3. The molecule has 1 N–H and O–H groups in total. The number of aryl methyl sites for hydroxylation is 1. The third-order valence-electron chi connectivity index (χ3n) is 7.34. The van der Waals surface area contributed by atoms with Crippen LogP contribution in [0.15, 0.2) is 42.7 Å². The maximum absolute atomic E-state index is 14.7. The molecule has 0 unspecified atom stereocenters. The Balaban J connectivity index is 1.48. The van der Waals surface area contributed by atoms with Crippen LogP contribution in [0.1, 0.15) is 50.7 Å². The van der Waals surface area contributed by atoms with Gasteiger partial charge < -0.3 is 28.8 Å². The van der Waals surface area contributed by atoms with Crippen molar-refractivity contribution in [1.29, 1.82) is 0 Å². The monoisotopic (exact) mass is 606 g/mol. The molecular formula is C32H39FN6O5. The maximum Gasteiger partial charge on any atom is 0.410 e. The van der Waals surface area contributed by atoms with E-state index in [4.69, 9.17) is 19.2 Å². The predicted molar refractivity (Wildman–Crippen MR) is 166 cm³/mol. The van der Waals surface area contributed by atoms with Crippen molar-refractivity contribution in [2.24, 2.45) is 0 Å². The molecule has 0 spiro atoms. The third-order valence-corrected chi connectivity index (χ3v) is 7.34. The van der Waals surface area contributed by atoms with Gasteiger partial charge in [-0.25, -0.2) is 19.2 Å². The number of methoxy groups -OCH3 is 1. The highest BCUT2D eigenvalue weighted by Gasteiger charge is 2.36. The van der Waals surface area contributed by atoms with Crippen LogP contribution < -0.4 is 15.0 Å². The molecule has 1 fully saturated rings. The van der Waals surface area contributed by atoms with Crippen molar-refractivity contribution in [3.05, 3.63) is 59.8 Å². The minimum absolute atomic E-state index is 0.132. The van der Waals surface area contributed by atoms with Crippen molar-refractivity contribution in [3.8, 4) is 5.88 Å². The van der Waals surface area contributed by atoms with Gasteiger partial charge in [0.1, 0.15) is 12.2 Å². The minimum atomic E-state index is -0.593. The molecule has 1 saturated heterocycles. The molecule has 234 valence electrons. The first kappa shape index (κ1) is 31.0. The number of halogens is 1. The molecule has 4 aromatic rings. The van der Waals surface area contributed by atoms with E-state index in [9.17, 15) is 14.0 Å². The van der Waals surface area contributed by atoms with Crippen molar-refractivity contribution in [1.82, 2.24) is 19.3 Å². The van der Waals surface area contributed by atoms with Gasteiger partial charge in [-0.1, -0.05) is 0 Å². The molecular weight excluding hydrogens is 567 g/mol. The summed E-state index contributed by atoms with van der Waals surface area (Å²) < 4.78 is 32.8. The van der Waals surface area contributed by atoms with Crippen LogP contribution in [0, 0.1) is 12.7 Å². The van der Waals surface area contributed by atoms with E-state index in [1.807, 2.05) is 46.8 Å². The van der Waals surface area contributed by atoms with Gasteiger partial charge >= 0.3 is 6.09 Å². The van der Waals surface area contributed by atoms with E-state index in [0.29, 0.717) is 49.0 Å². The topological polar surface area (TPSA) is 111 Å². The maximum atomic E-state index is 14.7. The Morgan fingerprint density at radius 2 is 1.77 bits per heavy atom. The van der Waals surface area contributed by atoms with Gasteiger partial charge in [0, 0.05) is 55.8 Å². The number of nitrogens with zero attached hydrogens (tertiary/aromatic N) is 5. The molecule has 2 amide bonds. The second kappa shape index (κ2) is 12.3. The van der Waals surface area contributed by atoms with E-state index in [-0.39, 0.29) is 29.5 Å². The van der Waals surface area contributed by atoms with Crippen LogP contribution in [0.25, 0.3) is 16.6 Å². The first-order valence-electron chi connectivity index (χ1n) is 14.6. The summed E-state index contributed by atoms with van der Waals surface area (Å²) in [6, 6.07) is 8.22. The molecule has 4 heterocycles. The number of nitrogens with one attached hydrogen (secondary N) is 1. The van der Waals surface area contributed by atoms with Crippen LogP contribution in [0.2, 0.25) is 0 Å². The average Bonchev–Trinajstić information content (AvgIpc) is 3.31. The average molecular weight is 607 g/mol. The zero-order chi connectivity index (χ0) is 31.8. The number of benzene rings is 1. The number of hydrogen-bond donors (Lipinski definition) is 1. The molecule has 5 rings (SSSR count). The van der Waals surface area contributed by atoms with Gasteiger partial charge in [-0.2, -0.15) is 0 Å². The number of piperazine rings is 1. The molecule has 2 atom stereocenters. The first-order valence-corrected chi connectivity index (χ1v) is 14.6. The molecule has 0 saturated carbocycles. The van der Waals surface area contributed by atoms with E-state index < -0.39 is 17.3 Å². The largest absolute Gasteiger partial charge is 0.475 e. The van der Waals surface area contributed by atoms with Crippen molar-refractivity contribution in [3.63, 3.8) is 0 Å². The summed E-state index contributed by atoms with van der Waals surface area (Å²) in [4.78, 5) is 39.5. The van der Waals surface area contributed by atoms with Gasteiger partial charge in [0.05, 0.1) is 41.2 Å². The van der Waals surface area contributed by atoms with Gasteiger partial charge in [-0.3, -0.25) is 9.69 Å². The third kappa shape index (κ3) is 6.54. The fourth-order valence-corrected chi connectivity index (χ4v) is 5.59. The summed E-state index contributed by atoms with van der Waals surface area (Å²) in [7, 11) is 1.59. The fraction of sp³-hybridized carbons (Fsp3) is 0.438. The molecule has 0 bridgehead atoms. The van der Waals surface area contributed by atoms with Crippen molar-refractivity contribution < 1.29 is 28.2 Å². The molecule has 1 aliphatic heterocycles. The van der Waals surface area contributed by atoms with Gasteiger partial charge in [-0.15, -0.1) is 0 Å². The van der Waals surface area contributed by atoms with Gasteiger partial charge in [0.2, 0.25) is 5.88 Å². The van der Waals surface area contributed by atoms with Crippen molar-refractivity contribution >= 4 is 39.9 Å². The van der Waals surface area contributed by atoms with Crippen LogP contribution in [-0.2, 0) is 9.47 Å². The molecule has 1 aromatic carbocycles. The number of fused-ring (bicyclic) bond motifs is 2. The fourth-order valence-electron chi connectivity index (χ4n) is 5.59. The Labute approximate surface area is 255 Å². The smallest absolute Gasteiger partial charge is 0.410 e. The standard InChI is InChI=1S/C32H39FN6O5/c1-19-15-38-18-22(14-25(33)29(38)34-19)35-30(40)24-8-10-26(23-9-11-27(36-28(23)24)43-13-12-42-7)37-16-20(2)39(21(3)17-37)31(41)44-32(4,5)6/h8-11,14-15,18,20-21H,12-13,16-17H2,1-7H3,(H,35,40)/t20-,21+. The van der Waals surface area contributed by atoms with E-state index in [0.717, 1.165) is 11.1 Å². The number of pyridine rings is 2. The van der Waals surface area contributed by atoms with Crippen LogP contribution >= 0.6 is 0 Å². The molecule has 0 radical (unpaired) electrons. The Bertz CT molecular complexity index is 1690. The number of anilines is 2. The number of hydrogen-bond acceptors (Lipinski definition) is 8. The molecule has 3 aromatic heterocycles. The minimum Gasteiger partial charge on any atom is -0.475 e. The highest BCUT2D eigenvalue weighted by Crippen LogP contribution is 2.33. The van der Waals surface area contributed by atoms with E-state index in [1.165, 1.54) is 6.07 Å². The predicted octanol–water partition coefficient (Wildman–Crippen LogP) is 5.44. The van der Waals surface area contributed by atoms with Gasteiger partial charge in [0.25, 0.3) is 5.91 Å². The highest BCUT2D eigenvalue weighted by atomic mass is 19.1. The Morgan fingerprint density at radius 3 is 2.45 bits per heavy atom. The zero-order valence-corrected chi connectivity index (χ0v) is 26.2. The van der Waals surface area contributed by atoms with Crippen LogP contribution in [0.5, 0.6) is 5.88 Å². The number of imidazole rings is 1. The summed E-state index contributed by atoms with van der Waals surface area (Å²) in [6.45, 7) is 13.1. The first-order chi connectivity index (χ1) is 20.8. The summed E-state index contributed by atoms with van der Waals surface area (Å²) in [5.74, 6) is -0.648. The van der Waals surface area contributed by atoms with Gasteiger partial charge in [0.15, 0.2) is 11.5 Å². The normalized spacial score (nSPS) is 17.3. The second-order valence-electron chi connectivity index (χ2n) is 12.2. The Morgan fingerprint density at radius 1 is 1.05 bits per heavy atom. The lowest BCUT2D eigenvalue weighted by Crippen LogP contribution is -2.59. The number of amides is 2. The van der Waals surface area contributed by atoms with E-state index in [1.54, 1.807) is 47.9 Å². The molecule has 11 nitrogen and oxygen atoms in total. The lowest BCUT2D eigenvalue weighted by Gasteiger charge is -2.45. The van der Waals surface area contributed by atoms with Crippen LogP contribution in [0.3, 0.4) is 0 Å². The number of rotatable bonds is 7. The Kier molecular flexibility index (Phi) is 8.64. The lowest BCUT2D eigenvalue weighted by molar-refractivity contribution is 0.00566. The number of ether oxygens (including phenoxy) is 3. The van der Waals surface area contributed by atoms with Crippen LogP contribution in [0.4, 0.5) is 20.6 Å².